The van der Waals surface area contributed by atoms with Crippen molar-refractivity contribution in [3.05, 3.63) is 108 Å². The van der Waals surface area contributed by atoms with E-state index in [-0.39, 0.29) is 56.8 Å². The highest BCUT2D eigenvalue weighted by Gasteiger charge is 2.70. The highest BCUT2D eigenvalue weighted by molar-refractivity contribution is 8.00. The first kappa shape index (κ1) is 33.5. The number of nitrogens with zero attached hydrogens (tertiary/aromatic N) is 2. The molecule has 1 saturated heterocycles. The average Bonchev–Trinajstić information content (AvgIpc) is 3.82. The maximum Gasteiger partial charge on any atom is 0.418 e. The number of nitro benzene ring substituents is 1. The van der Waals surface area contributed by atoms with Crippen molar-refractivity contribution in [3.8, 4) is 5.75 Å². The summed E-state index contributed by atoms with van der Waals surface area (Å²) in [5.74, 6) is -3.95. The Morgan fingerprint density at radius 3 is 2.45 bits per heavy atom. The van der Waals surface area contributed by atoms with E-state index in [1.807, 2.05) is 0 Å². The third-order valence-electron chi connectivity index (χ3n) is 10.2. The van der Waals surface area contributed by atoms with Crippen LogP contribution < -0.4 is 19.8 Å². The fraction of sp³-hybridized carbons (Fsp3) is 0.294. The Labute approximate surface area is 299 Å². The van der Waals surface area contributed by atoms with Gasteiger partial charge in [-0.25, -0.2) is 0 Å². The van der Waals surface area contributed by atoms with Gasteiger partial charge in [-0.1, -0.05) is 35.1 Å². The number of rotatable bonds is 7. The molecule has 2 aliphatic heterocycles. The van der Waals surface area contributed by atoms with Gasteiger partial charge in [-0.2, -0.15) is 13.2 Å². The fourth-order valence-corrected chi connectivity index (χ4v) is 11.5. The van der Waals surface area contributed by atoms with E-state index in [2.05, 4.69) is 10.3 Å². The SMILES string of the molecule is O=C(COc1ccc(Cl)cc1[C@H]1c2sc(=O)[nH]c2SC2C1[C@H]1C[C@@H]2C2C(=O)N(c3ccc([N+](=O)[O-])cc3)C(=O)C21)Nc1ccccc1C(F)(F)F. The number of H-pyrrole nitrogens is 1. The second kappa shape index (κ2) is 12.2. The van der Waals surface area contributed by atoms with Crippen LogP contribution in [0.3, 0.4) is 0 Å². The number of halogens is 4. The standard InChI is InChI=1S/C34H24ClF3N4O7S2/c35-14-5-10-22(49-13-23(43)39-21-4-2-1-3-20(21)34(36,37)38)17(11-14)24-25-18-12-19(28(25)50-30-29(24)51-33(46)40-30)27-26(18)31(44)41(32(27)45)15-6-8-16(9-7-15)42(47)48/h1-11,18-19,24-28H,12-13H2,(H,39,43)(H,40,46)/t18-,19-,24-,25?,26?,27?,28?/m1/s1. The van der Waals surface area contributed by atoms with E-state index in [1.165, 1.54) is 48.2 Å². The number of para-hydroxylation sites is 1. The number of alkyl halides is 3. The molecule has 0 radical (unpaired) electrons. The van der Waals surface area contributed by atoms with E-state index in [9.17, 15) is 42.5 Å². The maximum absolute atomic E-state index is 14.1. The summed E-state index contributed by atoms with van der Waals surface area (Å²) in [5.41, 5.74) is -0.814. The molecule has 262 valence electrons. The lowest BCUT2D eigenvalue weighted by Crippen LogP contribution is -2.42. The molecule has 3 aromatic carbocycles. The van der Waals surface area contributed by atoms with E-state index in [1.54, 1.807) is 18.2 Å². The van der Waals surface area contributed by atoms with E-state index >= 15 is 0 Å². The Balaban J connectivity index is 1.12. The summed E-state index contributed by atoms with van der Waals surface area (Å²) in [4.78, 5) is 68.7. The molecule has 3 amide bonds. The van der Waals surface area contributed by atoms with Crippen molar-refractivity contribution in [2.75, 3.05) is 16.8 Å². The highest BCUT2D eigenvalue weighted by atomic mass is 35.5. The number of amides is 3. The predicted octanol–water partition coefficient (Wildman–Crippen LogP) is 6.71. The molecule has 2 saturated carbocycles. The minimum atomic E-state index is -4.69. The molecule has 3 fully saturated rings. The third-order valence-corrected chi connectivity index (χ3v) is 13.0. The molecule has 2 N–H and O–H groups in total. The second-order valence-electron chi connectivity index (χ2n) is 12.8. The summed E-state index contributed by atoms with van der Waals surface area (Å²) >= 11 is 8.98. The number of thiazole rings is 1. The van der Waals surface area contributed by atoms with Gasteiger partial charge in [0.1, 0.15) is 5.75 Å². The number of carbonyl (C=O) groups excluding carboxylic acids is 3. The number of benzene rings is 3. The van der Waals surface area contributed by atoms with Crippen molar-refractivity contribution in [3.63, 3.8) is 0 Å². The van der Waals surface area contributed by atoms with E-state index in [0.717, 1.165) is 28.4 Å². The number of ether oxygens (including phenoxy) is 1. The first-order chi connectivity index (χ1) is 24.3. The van der Waals surface area contributed by atoms with Gasteiger partial charge in [0.25, 0.3) is 11.6 Å². The van der Waals surface area contributed by atoms with Gasteiger partial charge in [0.05, 0.1) is 38.7 Å². The molecular weight excluding hydrogens is 733 g/mol. The Hall–Kier alpha value is -4.67. The van der Waals surface area contributed by atoms with Crippen LogP contribution >= 0.6 is 34.7 Å². The monoisotopic (exact) mass is 756 g/mol. The van der Waals surface area contributed by atoms with Gasteiger partial charge in [-0.05, 0) is 66.6 Å². The molecule has 7 atom stereocenters. The van der Waals surface area contributed by atoms with Crippen LogP contribution in [-0.2, 0) is 20.6 Å². The van der Waals surface area contributed by atoms with Gasteiger partial charge >= 0.3 is 11.0 Å². The predicted molar refractivity (Wildman–Crippen MR) is 181 cm³/mol. The normalized spacial score (nSPS) is 26.1. The largest absolute Gasteiger partial charge is 0.483 e. The highest BCUT2D eigenvalue weighted by Crippen LogP contribution is 2.69. The number of imide groups is 1. The quantitative estimate of drug-likeness (QED) is 0.120. The topological polar surface area (TPSA) is 152 Å². The zero-order valence-electron chi connectivity index (χ0n) is 25.9. The van der Waals surface area contributed by atoms with E-state index in [4.69, 9.17) is 16.3 Å². The van der Waals surface area contributed by atoms with Crippen LogP contribution in [0.15, 0.2) is 76.6 Å². The summed E-state index contributed by atoms with van der Waals surface area (Å²) < 4.78 is 46.6. The number of carbonyl (C=O) groups is 3. The number of nitrogens with one attached hydrogen (secondary N) is 2. The van der Waals surface area contributed by atoms with E-state index < -0.39 is 52.6 Å². The Bertz CT molecular complexity index is 2190. The molecular formula is C34H24ClF3N4O7S2. The van der Waals surface area contributed by atoms with Gasteiger partial charge in [0.2, 0.25) is 11.8 Å². The molecule has 3 heterocycles. The van der Waals surface area contributed by atoms with Gasteiger partial charge in [0, 0.05) is 38.8 Å². The third kappa shape index (κ3) is 5.51. The fourth-order valence-electron chi connectivity index (χ4n) is 8.41. The van der Waals surface area contributed by atoms with Crippen LogP contribution in [0.25, 0.3) is 0 Å². The first-order valence-electron chi connectivity index (χ1n) is 15.7. The van der Waals surface area contributed by atoms with Crippen molar-refractivity contribution >= 4 is 69.5 Å². The smallest absolute Gasteiger partial charge is 0.418 e. The van der Waals surface area contributed by atoms with Gasteiger partial charge in [-0.3, -0.25) is 34.2 Å². The number of non-ortho nitro benzene ring substituents is 1. The lowest BCUT2D eigenvalue weighted by Gasteiger charge is -2.43. The number of anilines is 2. The molecule has 17 heteroatoms. The van der Waals surface area contributed by atoms with E-state index in [0.29, 0.717) is 26.9 Å². The van der Waals surface area contributed by atoms with Crippen molar-refractivity contribution in [2.45, 2.75) is 28.8 Å². The zero-order valence-corrected chi connectivity index (χ0v) is 28.3. The number of nitro groups is 1. The van der Waals surface area contributed by atoms with Crippen molar-refractivity contribution in [2.24, 2.45) is 29.6 Å². The van der Waals surface area contributed by atoms with Crippen molar-refractivity contribution < 1.29 is 37.2 Å². The first-order valence-corrected chi connectivity index (χ1v) is 17.8. The lowest BCUT2D eigenvalue weighted by atomic mass is 9.68. The minimum Gasteiger partial charge on any atom is -0.483 e. The van der Waals surface area contributed by atoms with Crippen LogP contribution in [0.2, 0.25) is 5.02 Å². The van der Waals surface area contributed by atoms with Crippen LogP contribution in [0.4, 0.5) is 30.2 Å². The molecule has 4 aromatic rings. The van der Waals surface area contributed by atoms with Crippen LogP contribution in [-0.4, -0.2) is 39.5 Å². The molecule has 51 heavy (non-hydrogen) atoms. The number of thioether (sulfide) groups is 1. The Morgan fingerprint density at radius 2 is 1.75 bits per heavy atom. The second-order valence-corrected chi connectivity index (χ2v) is 15.4. The number of hydrogen-bond donors (Lipinski definition) is 2. The number of fused-ring (bicyclic) bond motifs is 9. The summed E-state index contributed by atoms with van der Waals surface area (Å²) in [5, 5.41) is 14.2. The summed E-state index contributed by atoms with van der Waals surface area (Å²) in [6, 6.07) is 14.6. The maximum atomic E-state index is 14.1. The average molecular weight is 757 g/mol. The summed E-state index contributed by atoms with van der Waals surface area (Å²) in [6.45, 7) is -0.638. The van der Waals surface area contributed by atoms with Crippen molar-refractivity contribution in [1.29, 1.82) is 0 Å². The Morgan fingerprint density at radius 1 is 1.04 bits per heavy atom. The van der Waals surface area contributed by atoms with Crippen LogP contribution in [0.1, 0.15) is 28.3 Å². The molecule has 2 aliphatic carbocycles. The number of aromatic nitrogens is 1. The van der Waals surface area contributed by atoms with Crippen molar-refractivity contribution in [1.82, 2.24) is 4.98 Å². The molecule has 1 aromatic heterocycles. The molecule has 2 bridgehead atoms. The molecule has 11 nitrogen and oxygen atoms in total. The Kier molecular flexibility index (Phi) is 8.03. The molecule has 8 rings (SSSR count). The van der Waals surface area contributed by atoms with Gasteiger partial charge in [-0.15, -0.1) is 11.8 Å². The molecule has 4 aliphatic rings. The minimum absolute atomic E-state index is 0.174. The number of hydrogen-bond acceptors (Lipinski definition) is 9. The zero-order chi connectivity index (χ0) is 35.9. The summed E-state index contributed by atoms with van der Waals surface area (Å²) in [7, 11) is 0. The van der Waals surface area contributed by atoms with Crippen LogP contribution in [0, 0.1) is 39.7 Å². The summed E-state index contributed by atoms with van der Waals surface area (Å²) in [6.07, 6.45) is -4.11. The lowest BCUT2D eigenvalue weighted by molar-refractivity contribution is -0.384. The van der Waals surface area contributed by atoms with Crippen LogP contribution in [0.5, 0.6) is 5.75 Å². The molecule has 0 spiro atoms. The molecule has 4 unspecified atom stereocenters. The number of aromatic amines is 1. The van der Waals surface area contributed by atoms with Gasteiger partial charge in [0.15, 0.2) is 6.61 Å². The van der Waals surface area contributed by atoms with Gasteiger partial charge < -0.3 is 15.0 Å².